The molecule has 0 aliphatic rings. The van der Waals surface area contributed by atoms with Crippen LogP contribution in [0.4, 0.5) is 0 Å². The first kappa shape index (κ1) is 17.8. The van der Waals surface area contributed by atoms with Crippen LogP contribution in [0.15, 0.2) is 72.8 Å². The monoisotopic (exact) mass is 344 g/mol. The van der Waals surface area contributed by atoms with E-state index in [1.807, 2.05) is 24.3 Å². The first-order valence-electron chi connectivity index (χ1n) is 8.83. The number of hydrogen-bond acceptors (Lipinski definition) is 2. The summed E-state index contributed by atoms with van der Waals surface area (Å²) in [5, 5.41) is 0. The van der Waals surface area contributed by atoms with Crippen LogP contribution < -0.4 is 9.47 Å². The normalized spacial score (nSPS) is 11.3. The van der Waals surface area contributed by atoms with Gasteiger partial charge in [-0.3, -0.25) is 0 Å². The Morgan fingerprint density at radius 2 is 1.15 bits per heavy atom. The zero-order chi connectivity index (χ0) is 18.4. The van der Waals surface area contributed by atoms with E-state index in [1.54, 1.807) is 14.2 Å². The Labute approximate surface area is 155 Å². The van der Waals surface area contributed by atoms with Crippen molar-refractivity contribution in [2.24, 2.45) is 0 Å². The van der Waals surface area contributed by atoms with Gasteiger partial charge in [0.15, 0.2) is 0 Å². The van der Waals surface area contributed by atoms with E-state index < -0.39 is 0 Å². The topological polar surface area (TPSA) is 18.5 Å². The molecule has 0 aliphatic carbocycles. The summed E-state index contributed by atoms with van der Waals surface area (Å²) in [6.07, 6.45) is 3.25. The van der Waals surface area contributed by atoms with Gasteiger partial charge in [-0.2, -0.15) is 0 Å². The third-order valence-electron chi connectivity index (χ3n) is 4.50. The molecule has 2 nitrogen and oxygen atoms in total. The van der Waals surface area contributed by atoms with Crippen molar-refractivity contribution in [3.05, 3.63) is 95.1 Å². The minimum atomic E-state index is 0.860. The van der Waals surface area contributed by atoms with E-state index >= 15 is 0 Å². The van der Waals surface area contributed by atoms with E-state index in [-0.39, 0.29) is 0 Å². The third-order valence-corrected chi connectivity index (χ3v) is 4.50. The van der Waals surface area contributed by atoms with Gasteiger partial charge in [0.05, 0.1) is 14.2 Å². The number of benzene rings is 3. The Balaban J connectivity index is 2.05. The predicted molar refractivity (Wildman–Crippen MR) is 109 cm³/mol. The second kappa shape index (κ2) is 8.39. The lowest BCUT2D eigenvalue weighted by Crippen LogP contribution is -1.91. The van der Waals surface area contributed by atoms with Crippen LogP contribution in [0.2, 0.25) is 0 Å². The fourth-order valence-corrected chi connectivity index (χ4v) is 2.89. The van der Waals surface area contributed by atoms with Crippen LogP contribution >= 0.6 is 0 Å². The minimum absolute atomic E-state index is 0.860. The molecule has 0 fully saturated rings. The molecule has 0 saturated heterocycles. The van der Waals surface area contributed by atoms with Crippen LogP contribution in [0.25, 0.3) is 11.6 Å². The first-order chi connectivity index (χ1) is 12.7. The molecule has 0 bridgehead atoms. The molecular formula is C24H24O2. The molecule has 0 spiro atoms. The van der Waals surface area contributed by atoms with Gasteiger partial charge >= 0.3 is 0 Å². The summed E-state index contributed by atoms with van der Waals surface area (Å²) >= 11 is 0. The summed E-state index contributed by atoms with van der Waals surface area (Å²) < 4.78 is 10.6. The molecule has 0 unspecified atom stereocenters. The molecule has 0 aromatic heterocycles. The van der Waals surface area contributed by atoms with Crippen LogP contribution in [-0.4, -0.2) is 14.2 Å². The van der Waals surface area contributed by atoms with Crippen LogP contribution in [0.5, 0.6) is 11.5 Å². The van der Waals surface area contributed by atoms with Gasteiger partial charge in [0.1, 0.15) is 11.5 Å². The lowest BCUT2D eigenvalue weighted by Gasteiger charge is -2.11. The van der Waals surface area contributed by atoms with Crippen LogP contribution in [-0.2, 0) is 6.42 Å². The van der Waals surface area contributed by atoms with Gasteiger partial charge in [0, 0.05) is 0 Å². The van der Waals surface area contributed by atoms with Crippen molar-refractivity contribution in [3.8, 4) is 11.5 Å². The van der Waals surface area contributed by atoms with Crippen LogP contribution in [0.1, 0.15) is 29.2 Å². The van der Waals surface area contributed by atoms with Gasteiger partial charge in [-0.15, -0.1) is 0 Å². The summed E-state index contributed by atoms with van der Waals surface area (Å²) in [4.78, 5) is 0. The van der Waals surface area contributed by atoms with Gasteiger partial charge < -0.3 is 9.47 Å². The Bertz CT molecular complexity index is 808. The maximum atomic E-state index is 5.30. The SMILES string of the molecule is CCc1ccc(/C(=C/c2ccc(OC)cc2)c2ccc(OC)cc2)cc1. The second-order valence-corrected chi connectivity index (χ2v) is 6.11. The van der Waals surface area contributed by atoms with E-state index in [0.29, 0.717) is 0 Å². The van der Waals surface area contributed by atoms with Gasteiger partial charge in [0.2, 0.25) is 0 Å². The first-order valence-corrected chi connectivity index (χ1v) is 8.83. The Hall–Kier alpha value is -3.00. The summed E-state index contributed by atoms with van der Waals surface area (Å²) in [7, 11) is 3.37. The highest BCUT2D eigenvalue weighted by Gasteiger charge is 2.07. The van der Waals surface area contributed by atoms with E-state index in [4.69, 9.17) is 9.47 Å². The average Bonchev–Trinajstić information content (AvgIpc) is 2.73. The summed E-state index contributed by atoms with van der Waals surface area (Å²) in [5.41, 5.74) is 6.01. The van der Waals surface area contributed by atoms with Crippen LogP contribution in [0, 0.1) is 0 Å². The standard InChI is InChI=1S/C24H24O2/c1-4-18-5-9-20(10-6-18)24(21-11-15-23(26-3)16-12-21)17-19-7-13-22(25-2)14-8-19/h5-17H,4H2,1-3H3/b24-17-. The highest BCUT2D eigenvalue weighted by atomic mass is 16.5. The molecular weight excluding hydrogens is 320 g/mol. The molecule has 0 amide bonds. The number of aryl methyl sites for hydroxylation is 1. The largest absolute Gasteiger partial charge is 0.497 e. The highest BCUT2D eigenvalue weighted by molar-refractivity contribution is 5.91. The molecule has 0 radical (unpaired) electrons. The lowest BCUT2D eigenvalue weighted by atomic mass is 9.94. The van der Waals surface area contributed by atoms with Gasteiger partial charge in [-0.25, -0.2) is 0 Å². The van der Waals surface area contributed by atoms with Gasteiger partial charge in [-0.1, -0.05) is 55.5 Å². The molecule has 0 aliphatic heterocycles. The molecule has 3 rings (SSSR count). The fourth-order valence-electron chi connectivity index (χ4n) is 2.89. The zero-order valence-corrected chi connectivity index (χ0v) is 15.5. The van der Waals surface area contributed by atoms with E-state index in [1.165, 1.54) is 16.7 Å². The van der Waals surface area contributed by atoms with Crippen molar-refractivity contribution < 1.29 is 9.47 Å². The molecule has 0 N–H and O–H groups in total. The van der Waals surface area contributed by atoms with Crippen molar-refractivity contribution >= 4 is 11.6 Å². The predicted octanol–water partition coefficient (Wildman–Crippen LogP) is 5.86. The van der Waals surface area contributed by atoms with Crippen LogP contribution in [0.3, 0.4) is 0 Å². The van der Waals surface area contributed by atoms with Gasteiger partial charge in [-0.05, 0) is 64.6 Å². The Kier molecular flexibility index (Phi) is 5.75. The van der Waals surface area contributed by atoms with E-state index in [2.05, 4.69) is 61.5 Å². The Morgan fingerprint density at radius 1 is 0.692 bits per heavy atom. The Morgan fingerprint density at radius 3 is 1.62 bits per heavy atom. The second-order valence-electron chi connectivity index (χ2n) is 6.11. The van der Waals surface area contributed by atoms with Crippen molar-refractivity contribution in [2.45, 2.75) is 13.3 Å². The maximum Gasteiger partial charge on any atom is 0.118 e. The summed E-state index contributed by atoms with van der Waals surface area (Å²) in [6.45, 7) is 2.17. The third kappa shape index (κ3) is 4.15. The molecule has 3 aromatic rings. The van der Waals surface area contributed by atoms with Gasteiger partial charge in [0.25, 0.3) is 0 Å². The molecule has 2 heteroatoms. The van der Waals surface area contributed by atoms with Crippen molar-refractivity contribution in [2.75, 3.05) is 14.2 Å². The zero-order valence-electron chi connectivity index (χ0n) is 15.5. The number of ether oxygens (including phenoxy) is 2. The molecule has 0 saturated carbocycles. The molecule has 0 heterocycles. The number of methoxy groups -OCH3 is 2. The quantitative estimate of drug-likeness (QED) is 0.522. The molecule has 26 heavy (non-hydrogen) atoms. The number of rotatable bonds is 6. The van der Waals surface area contributed by atoms with E-state index in [0.717, 1.165) is 29.0 Å². The van der Waals surface area contributed by atoms with Crippen molar-refractivity contribution in [1.29, 1.82) is 0 Å². The smallest absolute Gasteiger partial charge is 0.118 e. The fraction of sp³-hybridized carbons (Fsp3) is 0.167. The summed E-state index contributed by atoms with van der Waals surface area (Å²) in [6, 6.07) is 25.1. The number of hydrogen-bond donors (Lipinski definition) is 0. The summed E-state index contributed by atoms with van der Waals surface area (Å²) in [5.74, 6) is 1.72. The van der Waals surface area contributed by atoms with E-state index in [9.17, 15) is 0 Å². The minimum Gasteiger partial charge on any atom is -0.497 e. The van der Waals surface area contributed by atoms with Crippen molar-refractivity contribution in [3.63, 3.8) is 0 Å². The molecule has 0 atom stereocenters. The van der Waals surface area contributed by atoms with Crippen molar-refractivity contribution in [1.82, 2.24) is 0 Å². The molecule has 3 aromatic carbocycles. The highest BCUT2D eigenvalue weighted by Crippen LogP contribution is 2.28. The maximum absolute atomic E-state index is 5.30. The average molecular weight is 344 g/mol. The molecule has 132 valence electrons. The lowest BCUT2D eigenvalue weighted by molar-refractivity contribution is 0.414.